The minimum absolute atomic E-state index is 0.772. The largest absolute Gasteiger partial charge is 0.497 e. The van der Waals surface area contributed by atoms with Crippen LogP contribution in [0, 0.1) is 5.92 Å². The van der Waals surface area contributed by atoms with E-state index in [1.165, 1.54) is 12.0 Å². The number of methoxy groups -OCH3 is 1. The van der Waals surface area contributed by atoms with Gasteiger partial charge in [0.2, 0.25) is 0 Å². The fourth-order valence-electron chi connectivity index (χ4n) is 1.99. The van der Waals surface area contributed by atoms with Crippen molar-refractivity contribution in [2.75, 3.05) is 20.7 Å². The zero-order valence-corrected chi connectivity index (χ0v) is 8.79. The zero-order chi connectivity index (χ0) is 9.97. The summed E-state index contributed by atoms with van der Waals surface area (Å²) >= 11 is 0. The van der Waals surface area contributed by atoms with Gasteiger partial charge in [-0.15, -0.1) is 0 Å². The molecule has 1 saturated carbocycles. The van der Waals surface area contributed by atoms with Crippen LogP contribution in [0.5, 0.6) is 5.75 Å². The van der Waals surface area contributed by atoms with E-state index in [0.29, 0.717) is 0 Å². The van der Waals surface area contributed by atoms with Gasteiger partial charge in [0, 0.05) is 0 Å². The van der Waals surface area contributed by atoms with Gasteiger partial charge in [0.05, 0.1) is 7.11 Å². The Morgan fingerprint density at radius 3 is 2.64 bits per heavy atom. The van der Waals surface area contributed by atoms with Crippen LogP contribution in [0.25, 0.3) is 0 Å². The van der Waals surface area contributed by atoms with Crippen molar-refractivity contribution in [2.24, 2.45) is 5.92 Å². The number of hydrogen-bond donors (Lipinski definition) is 1. The van der Waals surface area contributed by atoms with Gasteiger partial charge in [-0.2, -0.15) is 0 Å². The van der Waals surface area contributed by atoms with Crippen molar-refractivity contribution >= 4 is 0 Å². The van der Waals surface area contributed by atoms with Gasteiger partial charge in [-0.25, -0.2) is 0 Å². The standard InChI is InChI=1S/C12H17NO/c1-13-8-10-7-12(10)9-3-5-11(14-2)6-4-9/h3-6,10,12-13H,7-8H2,1-2H3/t10-,12-/m1/s1. The molecule has 2 rings (SSSR count). The summed E-state index contributed by atoms with van der Waals surface area (Å²) in [6.07, 6.45) is 1.33. The van der Waals surface area contributed by atoms with E-state index in [4.69, 9.17) is 4.74 Å². The average molecular weight is 191 g/mol. The van der Waals surface area contributed by atoms with E-state index in [9.17, 15) is 0 Å². The van der Waals surface area contributed by atoms with Gasteiger partial charge in [-0.05, 0) is 49.5 Å². The van der Waals surface area contributed by atoms with E-state index < -0.39 is 0 Å². The highest BCUT2D eigenvalue weighted by molar-refractivity contribution is 5.32. The van der Waals surface area contributed by atoms with Crippen molar-refractivity contribution in [1.29, 1.82) is 0 Å². The Morgan fingerprint density at radius 2 is 2.07 bits per heavy atom. The summed E-state index contributed by atoms with van der Waals surface area (Å²) in [5.74, 6) is 2.56. The Bertz CT molecular complexity index is 294. The van der Waals surface area contributed by atoms with Gasteiger partial charge in [-0.1, -0.05) is 12.1 Å². The van der Waals surface area contributed by atoms with Gasteiger partial charge >= 0.3 is 0 Å². The maximum Gasteiger partial charge on any atom is 0.118 e. The molecule has 0 bridgehead atoms. The molecule has 2 heteroatoms. The number of nitrogens with one attached hydrogen (secondary N) is 1. The first kappa shape index (κ1) is 9.53. The Labute approximate surface area is 85.3 Å². The first-order chi connectivity index (χ1) is 6.85. The topological polar surface area (TPSA) is 21.3 Å². The molecule has 1 aromatic rings. The van der Waals surface area contributed by atoms with Gasteiger partial charge in [0.25, 0.3) is 0 Å². The third kappa shape index (κ3) is 1.90. The second kappa shape index (κ2) is 4.01. The van der Waals surface area contributed by atoms with Gasteiger partial charge in [0.1, 0.15) is 5.75 Å². The number of hydrogen-bond acceptors (Lipinski definition) is 2. The minimum atomic E-state index is 0.772. The lowest BCUT2D eigenvalue weighted by atomic mass is 10.1. The van der Waals surface area contributed by atoms with Crippen LogP contribution in [0.3, 0.4) is 0 Å². The molecule has 1 N–H and O–H groups in total. The first-order valence-corrected chi connectivity index (χ1v) is 5.13. The van der Waals surface area contributed by atoms with Crippen LogP contribution in [-0.4, -0.2) is 20.7 Å². The summed E-state index contributed by atoms with van der Waals surface area (Å²) in [6.45, 7) is 1.14. The minimum Gasteiger partial charge on any atom is -0.497 e. The molecular weight excluding hydrogens is 174 g/mol. The second-order valence-electron chi connectivity index (χ2n) is 3.93. The highest BCUT2D eigenvalue weighted by atomic mass is 16.5. The monoisotopic (exact) mass is 191 g/mol. The lowest BCUT2D eigenvalue weighted by Crippen LogP contribution is -2.10. The highest BCUT2D eigenvalue weighted by Gasteiger charge is 2.37. The molecule has 1 aliphatic carbocycles. The molecule has 1 aliphatic rings. The normalized spacial score (nSPS) is 24.7. The predicted octanol–water partition coefficient (Wildman–Crippen LogP) is 2.02. The third-order valence-electron chi connectivity index (χ3n) is 2.93. The summed E-state index contributed by atoms with van der Waals surface area (Å²) in [7, 11) is 3.72. The third-order valence-corrected chi connectivity index (χ3v) is 2.93. The molecule has 2 atom stereocenters. The van der Waals surface area contributed by atoms with E-state index in [0.717, 1.165) is 24.1 Å². The van der Waals surface area contributed by atoms with Crippen molar-refractivity contribution in [3.63, 3.8) is 0 Å². The molecule has 2 nitrogen and oxygen atoms in total. The van der Waals surface area contributed by atoms with Crippen LogP contribution in [0.2, 0.25) is 0 Å². The molecule has 0 aromatic heterocycles. The van der Waals surface area contributed by atoms with Gasteiger partial charge < -0.3 is 10.1 Å². The average Bonchev–Trinajstić information content (AvgIpc) is 2.98. The number of ether oxygens (including phenoxy) is 1. The van der Waals surface area contributed by atoms with Crippen LogP contribution in [-0.2, 0) is 0 Å². The van der Waals surface area contributed by atoms with E-state index >= 15 is 0 Å². The van der Waals surface area contributed by atoms with Crippen LogP contribution in [0.1, 0.15) is 17.9 Å². The van der Waals surface area contributed by atoms with E-state index in [1.807, 2.05) is 19.2 Å². The molecule has 76 valence electrons. The molecule has 1 aromatic carbocycles. The predicted molar refractivity (Wildman–Crippen MR) is 57.8 cm³/mol. The molecule has 0 amide bonds. The molecule has 0 radical (unpaired) electrons. The van der Waals surface area contributed by atoms with E-state index in [2.05, 4.69) is 17.4 Å². The van der Waals surface area contributed by atoms with Crippen LogP contribution in [0.4, 0.5) is 0 Å². The van der Waals surface area contributed by atoms with Crippen molar-refractivity contribution in [2.45, 2.75) is 12.3 Å². The molecule has 0 aliphatic heterocycles. The van der Waals surface area contributed by atoms with Crippen molar-refractivity contribution in [1.82, 2.24) is 5.32 Å². The summed E-state index contributed by atoms with van der Waals surface area (Å²) in [5, 5.41) is 3.23. The molecule has 1 fully saturated rings. The quantitative estimate of drug-likeness (QED) is 0.786. The van der Waals surface area contributed by atoms with Crippen LogP contribution >= 0.6 is 0 Å². The lowest BCUT2D eigenvalue weighted by molar-refractivity contribution is 0.414. The van der Waals surface area contributed by atoms with Crippen molar-refractivity contribution in [3.8, 4) is 5.75 Å². The molecule has 0 saturated heterocycles. The van der Waals surface area contributed by atoms with E-state index in [-0.39, 0.29) is 0 Å². The Hall–Kier alpha value is -1.02. The van der Waals surface area contributed by atoms with Crippen molar-refractivity contribution in [3.05, 3.63) is 29.8 Å². The molecule has 0 heterocycles. The van der Waals surface area contributed by atoms with Gasteiger partial charge in [0.15, 0.2) is 0 Å². The molecule has 0 unspecified atom stereocenters. The molecule has 14 heavy (non-hydrogen) atoms. The fourth-order valence-corrected chi connectivity index (χ4v) is 1.99. The second-order valence-corrected chi connectivity index (χ2v) is 3.93. The Morgan fingerprint density at radius 1 is 1.36 bits per heavy atom. The molecule has 0 spiro atoms. The lowest BCUT2D eigenvalue weighted by Gasteiger charge is -2.02. The van der Waals surface area contributed by atoms with Gasteiger partial charge in [-0.3, -0.25) is 0 Å². The summed E-state index contributed by atoms with van der Waals surface area (Å²) in [4.78, 5) is 0. The van der Waals surface area contributed by atoms with Crippen LogP contribution < -0.4 is 10.1 Å². The Kier molecular flexibility index (Phi) is 2.73. The maximum absolute atomic E-state index is 5.13. The zero-order valence-electron chi connectivity index (χ0n) is 8.79. The fraction of sp³-hybridized carbons (Fsp3) is 0.500. The van der Waals surface area contributed by atoms with Crippen molar-refractivity contribution < 1.29 is 4.74 Å². The smallest absolute Gasteiger partial charge is 0.118 e. The summed E-state index contributed by atoms with van der Waals surface area (Å²) < 4.78 is 5.13. The first-order valence-electron chi connectivity index (χ1n) is 5.13. The summed E-state index contributed by atoms with van der Waals surface area (Å²) in [6, 6.07) is 8.45. The Balaban J connectivity index is 1.98. The highest BCUT2D eigenvalue weighted by Crippen LogP contribution is 2.47. The van der Waals surface area contributed by atoms with Crippen LogP contribution in [0.15, 0.2) is 24.3 Å². The SMILES string of the molecule is CNC[C@H]1C[C@@H]1c1ccc(OC)cc1. The number of benzene rings is 1. The molecular formula is C12H17NO. The number of rotatable bonds is 4. The summed E-state index contributed by atoms with van der Waals surface area (Å²) in [5.41, 5.74) is 1.45. The maximum atomic E-state index is 5.13. The van der Waals surface area contributed by atoms with E-state index in [1.54, 1.807) is 7.11 Å².